The third-order valence-electron chi connectivity index (χ3n) is 4.87. The molecule has 30 heavy (non-hydrogen) atoms. The highest BCUT2D eigenvalue weighted by atomic mass is 32.2. The summed E-state index contributed by atoms with van der Waals surface area (Å²) in [4.78, 5) is 15.0. The SMILES string of the molecule is Cc1ccc(S(=O)(=O)NCCNC(=O)[C@@H](c2cccc(F)c2)N2CCOCC2)cc1. The molecule has 162 valence electrons. The van der Waals surface area contributed by atoms with Gasteiger partial charge in [0.15, 0.2) is 0 Å². The second-order valence-electron chi connectivity index (χ2n) is 7.11. The molecule has 0 bridgehead atoms. The van der Waals surface area contributed by atoms with Crippen molar-refractivity contribution in [3.05, 3.63) is 65.5 Å². The van der Waals surface area contributed by atoms with Gasteiger partial charge in [-0.05, 0) is 36.8 Å². The molecule has 1 aliphatic rings. The molecule has 0 aromatic heterocycles. The minimum absolute atomic E-state index is 0.0426. The minimum Gasteiger partial charge on any atom is -0.379 e. The molecule has 0 radical (unpaired) electrons. The van der Waals surface area contributed by atoms with Gasteiger partial charge in [-0.3, -0.25) is 9.69 Å². The number of ether oxygens (including phenoxy) is 1. The lowest BCUT2D eigenvalue weighted by Gasteiger charge is -2.33. The number of hydrogen-bond acceptors (Lipinski definition) is 5. The van der Waals surface area contributed by atoms with Gasteiger partial charge in [0.1, 0.15) is 11.9 Å². The Morgan fingerprint density at radius 3 is 2.50 bits per heavy atom. The van der Waals surface area contributed by atoms with Crippen molar-refractivity contribution in [2.45, 2.75) is 17.9 Å². The van der Waals surface area contributed by atoms with Crippen molar-refractivity contribution < 1.29 is 22.3 Å². The highest BCUT2D eigenvalue weighted by Gasteiger charge is 2.29. The quantitative estimate of drug-likeness (QED) is 0.615. The molecule has 0 aliphatic carbocycles. The molecule has 0 spiro atoms. The fourth-order valence-corrected chi connectivity index (χ4v) is 4.34. The number of sulfonamides is 1. The lowest BCUT2D eigenvalue weighted by atomic mass is 10.0. The van der Waals surface area contributed by atoms with E-state index in [0.717, 1.165) is 5.56 Å². The number of morpholine rings is 1. The van der Waals surface area contributed by atoms with E-state index in [4.69, 9.17) is 4.74 Å². The molecule has 2 aromatic rings. The number of aryl methyl sites for hydroxylation is 1. The molecule has 1 saturated heterocycles. The van der Waals surface area contributed by atoms with Gasteiger partial charge in [-0.1, -0.05) is 29.8 Å². The van der Waals surface area contributed by atoms with E-state index in [-0.39, 0.29) is 23.9 Å². The van der Waals surface area contributed by atoms with E-state index in [0.29, 0.717) is 31.9 Å². The Bertz CT molecular complexity index is 960. The number of nitrogens with one attached hydrogen (secondary N) is 2. The largest absolute Gasteiger partial charge is 0.379 e. The van der Waals surface area contributed by atoms with Crippen LogP contribution in [-0.4, -0.2) is 58.6 Å². The summed E-state index contributed by atoms with van der Waals surface area (Å²) in [5.41, 5.74) is 1.52. The third-order valence-corrected chi connectivity index (χ3v) is 6.35. The highest BCUT2D eigenvalue weighted by molar-refractivity contribution is 7.89. The van der Waals surface area contributed by atoms with Gasteiger partial charge in [-0.25, -0.2) is 17.5 Å². The van der Waals surface area contributed by atoms with E-state index in [2.05, 4.69) is 10.0 Å². The maximum Gasteiger partial charge on any atom is 0.242 e. The fourth-order valence-electron chi connectivity index (χ4n) is 3.31. The number of halogens is 1. The van der Waals surface area contributed by atoms with E-state index in [1.807, 2.05) is 11.8 Å². The maximum atomic E-state index is 13.7. The van der Waals surface area contributed by atoms with E-state index in [1.54, 1.807) is 24.3 Å². The van der Waals surface area contributed by atoms with Crippen molar-refractivity contribution in [1.82, 2.24) is 14.9 Å². The first kappa shape index (κ1) is 22.4. The predicted octanol–water partition coefficient (Wildman–Crippen LogP) is 1.60. The number of amides is 1. The summed E-state index contributed by atoms with van der Waals surface area (Å²) in [5, 5.41) is 2.76. The predicted molar refractivity (Wildman–Crippen MR) is 111 cm³/mol. The Labute approximate surface area is 176 Å². The number of hydrogen-bond donors (Lipinski definition) is 2. The third kappa shape index (κ3) is 5.85. The maximum absolute atomic E-state index is 13.7. The number of nitrogens with zero attached hydrogens (tertiary/aromatic N) is 1. The summed E-state index contributed by atoms with van der Waals surface area (Å²) in [5.74, 6) is -0.721. The van der Waals surface area contributed by atoms with Crippen LogP contribution < -0.4 is 10.0 Å². The molecule has 3 rings (SSSR count). The van der Waals surface area contributed by atoms with E-state index in [9.17, 15) is 17.6 Å². The first-order chi connectivity index (χ1) is 14.4. The van der Waals surface area contributed by atoms with Crippen LogP contribution in [0.3, 0.4) is 0 Å². The van der Waals surface area contributed by atoms with Crippen molar-refractivity contribution in [2.75, 3.05) is 39.4 Å². The van der Waals surface area contributed by atoms with Gasteiger partial charge in [-0.15, -0.1) is 0 Å². The molecule has 1 heterocycles. The molecular weight excluding hydrogens is 409 g/mol. The van der Waals surface area contributed by atoms with Crippen LogP contribution >= 0.6 is 0 Å². The Kier molecular flexibility index (Phi) is 7.54. The van der Waals surface area contributed by atoms with Gasteiger partial charge in [0, 0.05) is 26.2 Å². The zero-order valence-corrected chi connectivity index (χ0v) is 17.6. The molecule has 2 aromatic carbocycles. The molecule has 7 nitrogen and oxygen atoms in total. The van der Waals surface area contributed by atoms with Crippen LogP contribution in [0.5, 0.6) is 0 Å². The van der Waals surface area contributed by atoms with Crippen molar-refractivity contribution in [3.8, 4) is 0 Å². The number of carbonyl (C=O) groups is 1. The smallest absolute Gasteiger partial charge is 0.242 e. The molecule has 1 amide bonds. The summed E-state index contributed by atoms with van der Waals surface area (Å²) in [6, 6.07) is 11.8. The van der Waals surface area contributed by atoms with Crippen LogP contribution in [0.2, 0.25) is 0 Å². The Balaban J connectivity index is 1.61. The Hall–Kier alpha value is -2.33. The van der Waals surface area contributed by atoms with Crippen LogP contribution in [-0.2, 0) is 19.6 Å². The molecule has 9 heteroatoms. The van der Waals surface area contributed by atoms with Crippen molar-refractivity contribution in [3.63, 3.8) is 0 Å². The van der Waals surface area contributed by atoms with Gasteiger partial charge in [0.25, 0.3) is 0 Å². The molecule has 1 fully saturated rings. The highest BCUT2D eigenvalue weighted by Crippen LogP contribution is 2.23. The molecule has 1 atom stereocenters. The van der Waals surface area contributed by atoms with E-state index >= 15 is 0 Å². The summed E-state index contributed by atoms with van der Waals surface area (Å²) in [6.45, 7) is 4.12. The van der Waals surface area contributed by atoms with Crippen LogP contribution in [0.4, 0.5) is 4.39 Å². The van der Waals surface area contributed by atoms with Crippen LogP contribution in [0.15, 0.2) is 53.4 Å². The van der Waals surface area contributed by atoms with Crippen LogP contribution in [0, 0.1) is 12.7 Å². The lowest BCUT2D eigenvalue weighted by molar-refractivity contribution is -0.128. The zero-order valence-electron chi connectivity index (χ0n) is 16.8. The summed E-state index contributed by atoms with van der Waals surface area (Å²) >= 11 is 0. The van der Waals surface area contributed by atoms with Gasteiger partial charge < -0.3 is 10.1 Å². The molecule has 1 aliphatic heterocycles. The minimum atomic E-state index is -3.65. The first-order valence-corrected chi connectivity index (χ1v) is 11.3. The fraction of sp³-hybridized carbons (Fsp3) is 0.381. The van der Waals surface area contributed by atoms with Gasteiger partial charge in [-0.2, -0.15) is 0 Å². The van der Waals surface area contributed by atoms with Crippen LogP contribution in [0.25, 0.3) is 0 Å². The molecule has 0 unspecified atom stereocenters. The average molecular weight is 436 g/mol. The number of carbonyl (C=O) groups excluding carboxylic acids is 1. The second-order valence-corrected chi connectivity index (χ2v) is 8.87. The van der Waals surface area contributed by atoms with Gasteiger partial charge in [0.2, 0.25) is 15.9 Å². The summed E-state index contributed by atoms with van der Waals surface area (Å²) in [7, 11) is -3.65. The monoisotopic (exact) mass is 435 g/mol. The normalized spacial score (nSPS) is 16.2. The standard InChI is InChI=1S/C21H26FN3O4S/c1-16-5-7-19(8-6-16)30(27,28)24-10-9-23-21(26)20(25-11-13-29-14-12-25)17-3-2-4-18(22)15-17/h2-8,15,20,24H,9-14H2,1H3,(H,23,26)/t20-/m1/s1. The van der Waals surface area contributed by atoms with Crippen LogP contribution in [0.1, 0.15) is 17.2 Å². The van der Waals surface area contributed by atoms with Gasteiger partial charge >= 0.3 is 0 Å². The van der Waals surface area contributed by atoms with Gasteiger partial charge in [0.05, 0.1) is 18.1 Å². The Morgan fingerprint density at radius 2 is 1.83 bits per heavy atom. The summed E-state index contributed by atoms with van der Waals surface area (Å²) in [6.07, 6.45) is 0. The first-order valence-electron chi connectivity index (χ1n) is 9.78. The van der Waals surface area contributed by atoms with E-state index in [1.165, 1.54) is 24.3 Å². The molecule has 2 N–H and O–H groups in total. The second kappa shape index (κ2) is 10.1. The number of benzene rings is 2. The average Bonchev–Trinajstić information content (AvgIpc) is 2.73. The molecule has 0 saturated carbocycles. The zero-order chi connectivity index (χ0) is 21.6. The Morgan fingerprint density at radius 1 is 1.13 bits per heavy atom. The van der Waals surface area contributed by atoms with Crippen molar-refractivity contribution >= 4 is 15.9 Å². The summed E-state index contributed by atoms with van der Waals surface area (Å²) < 4.78 is 46.2. The topological polar surface area (TPSA) is 87.7 Å². The molecular formula is C21H26FN3O4S. The number of rotatable bonds is 8. The van der Waals surface area contributed by atoms with Crippen molar-refractivity contribution in [1.29, 1.82) is 0 Å². The lowest BCUT2D eigenvalue weighted by Crippen LogP contribution is -2.47. The van der Waals surface area contributed by atoms with E-state index < -0.39 is 21.9 Å². The van der Waals surface area contributed by atoms with Crippen molar-refractivity contribution in [2.24, 2.45) is 0 Å².